The van der Waals surface area contributed by atoms with Crippen LogP contribution >= 0.6 is 23.1 Å². The predicted molar refractivity (Wildman–Crippen MR) is 121 cm³/mol. The molecule has 4 aromatic rings. The van der Waals surface area contributed by atoms with Gasteiger partial charge in [0.05, 0.1) is 18.4 Å². The quantitative estimate of drug-likeness (QED) is 0.321. The number of para-hydroxylation sites is 1. The van der Waals surface area contributed by atoms with E-state index in [-0.39, 0.29) is 5.91 Å². The number of ether oxygens (including phenoxy) is 1. The molecule has 1 amide bonds. The normalized spacial score (nSPS) is 10.8. The van der Waals surface area contributed by atoms with Crippen LogP contribution in [0.4, 0.5) is 5.13 Å². The lowest BCUT2D eigenvalue weighted by atomic mass is 10.1. The summed E-state index contributed by atoms with van der Waals surface area (Å²) in [7, 11) is 1.63. The zero-order chi connectivity index (χ0) is 20.9. The number of thioether (sulfide) groups is 1. The highest BCUT2D eigenvalue weighted by Crippen LogP contribution is 2.26. The van der Waals surface area contributed by atoms with E-state index in [1.165, 1.54) is 11.3 Å². The van der Waals surface area contributed by atoms with Gasteiger partial charge in [0.1, 0.15) is 11.3 Å². The van der Waals surface area contributed by atoms with Crippen molar-refractivity contribution in [3.05, 3.63) is 70.4 Å². The first kappa shape index (κ1) is 20.2. The van der Waals surface area contributed by atoms with Gasteiger partial charge in [-0.2, -0.15) is 0 Å². The van der Waals surface area contributed by atoms with Crippen LogP contribution in [0.3, 0.4) is 0 Å². The second kappa shape index (κ2) is 9.15. The summed E-state index contributed by atoms with van der Waals surface area (Å²) in [6, 6.07) is 16.8. The Morgan fingerprint density at radius 3 is 2.80 bits per heavy atom. The van der Waals surface area contributed by atoms with Crippen LogP contribution in [0.15, 0.2) is 74.1 Å². The number of hydrogen-bond donors (Lipinski definition) is 1. The van der Waals surface area contributed by atoms with Gasteiger partial charge in [-0.3, -0.25) is 4.79 Å². The number of amides is 1. The van der Waals surface area contributed by atoms with Crippen molar-refractivity contribution >= 4 is 45.1 Å². The monoisotopic (exact) mass is 438 g/mol. The highest BCUT2D eigenvalue weighted by Gasteiger charge is 2.13. The molecule has 1 N–H and O–H groups in total. The van der Waals surface area contributed by atoms with Crippen molar-refractivity contribution in [1.82, 2.24) is 4.98 Å². The van der Waals surface area contributed by atoms with Crippen LogP contribution in [0.5, 0.6) is 5.75 Å². The molecule has 0 aliphatic rings. The fourth-order valence-electron chi connectivity index (χ4n) is 2.81. The van der Waals surface area contributed by atoms with E-state index in [9.17, 15) is 9.59 Å². The van der Waals surface area contributed by atoms with Gasteiger partial charge in [0, 0.05) is 27.8 Å². The van der Waals surface area contributed by atoms with E-state index in [0.717, 1.165) is 16.0 Å². The molecule has 0 saturated carbocycles. The summed E-state index contributed by atoms with van der Waals surface area (Å²) < 4.78 is 10.5. The molecule has 0 aliphatic carbocycles. The van der Waals surface area contributed by atoms with Crippen LogP contribution in [0.25, 0.3) is 22.2 Å². The fraction of sp³-hybridized carbons (Fsp3) is 0.136. The first-order chi connectivity index (χ1) is 14.6. The van der Waals surface area contributed by atoms with Gasteiger partial charge < -0.3 is 14.5 Å². The number of carbonyl (C=O) groups is 1. The maximum atomic E-state index is 12.3. The highest BCUT2D eigenvalue weighted by molar-refractivity contribution is 7.99. The van der Waals surface area contributed by atoms with Crippen molar-refractivity contribution in [3.63, 3.8) is 0 Å². The Labute approximate surface area is 180 Å². The number of rotatable bonds is 7. The number of benzene rings is 2. The molecule has 30 heavy (non-hydrogen) atoms. The summed E-state index contributed by atoms with van der Waals surface area (Å²) >= 11 is 2.87. The van der Waals surface area contributed by atoms with Gasteiger partial charge in [-0.1, -0.05) is 18.2 Å². The standard InChI is InChI=1S/C22H18N2O4S2/c1-27-15-6-8-16(9-7-15)29-11-10-20(25)24-22-23-18(13-30-22)17-12-14-4-2-3-5-19(14)28-21(17)26/h2-9,12-13H,10-11H2,1H3,(H,23,24,25). The van der Waals surface area contributed by atoms with Crippen molar-refractivity contribution in [2.75, 3.05) is 18.2 Å². The van der Waals surface area contributed by atoms with Crippen LogP contribution in [-0.4, -0.2) is 23.8 Å². The van der Waals surface area contributed by atoms with E-state index >= 15 is 0 Å². The average Bonchev–Trinajstić information content (AvgIpc) is 3.21. The summed E-state index contributed by atoms with van der Waals surface area (Å²) in [5.41, 5.74) is 0.944. The third-order valence-corrected chi connectivity index (χ3v) is 6.10. The van der Waals surface area contributed by atoms with E-state index in [0.29, 0.717) is 34.1 Å². The van der Waals surface area contributed by atoms with Gasteiger partial charge in [0.25, 0.3) is 0 Å². The van der Waals surface area contributed by atoms with Crippen LogP contribution in [0.1, 0.15) is 6.42 Å². The number of carbonyl (C=O) groups excluding carboxylic acids is 1. The Bertz CT molecular complexity index is 1230. The molecular formula is C22H18N2O4S2. The minimum atomic E-state index is -0.451. The first-order valence-electron chi connectivity index (χ1n) is 9.18. The first-order valence-corrected chi connectivity index (χ1v) is 11.0. The van der Waals surface area contributed by atoms with Crippen LogP contribution in [-0.2, 0) is 4.79 Å². The molecular weight excluding hydrogens is 420 g/mol. The number of thiazole rings is 1. The maximum Gasteiger partial charge on any atom is 0.345 e. The lowest BCUT2D eigenvalue weighted by Gasteiger charge is -2.04. The molecule has 0 fully saturated rings. The van der Waals surface area contributed by atoms with E-state index < -0.39 is 5.63 Å². The third kappa shape index (κ3) is 4.72. The molecule has 8 heteroatoms. The zero-order valence-electron chi connectivity index (χ0n) is 16.1. The van der Waals surface area contributed by atoms with E-state index in [4.69, 9.17) is 9.15 Å². The van der Waals surface area contributed by atoms with Crippen molar-refractivity contribution < 1.29 is 13.9 Å². The molecule has 0 aliphatic heterocycles. The number of nitrogens with zero attached hydrogens (tertiary/aromatic N) is 1. The number of nitrogens with one attached hydrogen (secondary N) is 1. The SMILES string of the molecule is COc1ccc(SCCC(=O)Nc2nc(-c3cc4ccccc4oc3=O)cs2)cc1. The van der Waals surface area contributed by atoms with Gasteiger partial charge in [-0.25, -0.2) is 9.78 Å². The Kier molecular flexibility index (Phi) is 6.15. The predicted octanol–water partition coefficient (Wildman–Crippen LogP) is 5.05. The van der Waals surface area contributed by atoms with E-state index in [1.54, 1.807) is 36.4 Å². The minimum absolute atomic E-state index is 0.123. The zero-order valence-corrected chi connectivity index (χ0v) is 17.7. The van der Waals surface area contributed by atoms with E-state index in [2.05, 4.69) is 10.3 Å². The largest absolute Gasteiger partial charge is 0.497 e. The van der Waals surface area contributed by atoms with Crippen molar-refractivity contribution in [2.24, 2.45) is 0 Å². The number of aromatic nitrogens is 1. The molecule has 152 valence electrons. The lowest BCUT2D eigenvalue weighted by molar-refractivity contribution is -0.115. The molecule has 2 heterocycles. The molecule has 0 atom stereocenters. The Hall–Kier alpha value is -3.10. The van der Waals surface area contributed by atoms with Gasteiger partial charge in [-0.05, 0) is 36.4 Å². The van der Waals surface area contributed by atoms with Crippen molar-refractivity contribution in [1.29, 1.82) is 0 Å². The maximum absolute atomic E-state index is 12.3. The summed E-state index contributed by atoms with van der Waals surface area (Å²) in [5, 5.41) is 5.81. The topological polar surface area (TPSA) is 81.4 Å². The van der Waals surface area contributed by atoms with E-state index in [1.807, 2.05) is 42.5 Å². The van der Waals surface area contributed by atoms with Gasteiger partial charge in [0.15, 0.2) is 5.13 Å². The molecule has 2 aromatic carbocycles. The molecule has 0 unspecified atom stereocenters. The second-order valence-electron chi connectivity index (χ2n) is 6.35. The van der Waals surface area contributed by atoms with Crippen molar-refractivity contribution in [2.45, 2.75) is 11.3 Å². The van der Waals surface area contributed by atoms with Crippen LogP contribution < -0.4 is 15.7 Å². The number of fused-ring (bicyclic) bond motifs is 1. The van der Waals surface area contributed by atoms with Crippen molar-refractivity contribution in [3.8, 4) is 17.0 Å². The molecule has 6 nitrogen and oxygen atoms in total. The molecule has 2 aromatic heterocycles. The molecule has 0 bridgehead atoms. The smallest absolute Gasteiger partial charge is 0.345 e. The highest BCUT2D eigenvalue weighted by atomic mass is 32.2. The Morgan fingerprint density at radius 1 is 1.20 bits per heavy atom. The van der Waals surface area contributed by atoms with Crippen LogP contribution in [0.2, 0.25) is 0 Å². The van der Waals surface area contributed by atoms with Crippen LogP contribution in [0, 0.1) is 0 Å². The molecule has 0 spiro atoms. The second-order valence-corrected chi connectivity index (χ2v) is 8.37. The third-order valence-electron chi connectivity index (χ3n) is 4.33. The molecule has 0 radical (unpaired) electrons. The summed E-state index contributed by atoms with van der Waals surface area (Å²) in [5.74, 6) is 1.32. The fourth-order valence-corrected chi connectivity index (χ4v) is 4.39. The van der Waals surface area contributed by atoms with Gasteiger partial charge in [0.2, 0.25) is 5.91 Å². The van der Waals surface area contributed by atoms with Gasteiger partial charge in [-0.15, -0.1) is 23.1 Å². The lowest BCUT2D eigenvalue weighted by Crippen LogP contribution is -2.12. The molecule has 0 saturated heterocycles. The number of methoxy groups -OCH3 is 1. The summed E-state index contributed by atoms with van der Waals surface area (Å²) in [6.07, 6.45) is 0.351. The Morgan fingerprint density at radius 2 is 2.00 bits per heavy atom. The summed E-state index contributed by atoms with van der Waals surface area (Å²) in [6.45, 7) is 0. The minimum Gasteiger partial charge on any atom is -0.497 e. The summed E-state index contributed by atoms with van der Waals surface area (Å²) in [4.78, 5) is 30.0. The average molecular weight is 439 g/mol. The molecule has 4 rings (SSSR count). The van der Waals surface area contributed by atoms with Gasteiger partial charge >= 0.3 is 5.63 Å². The Balaban J connectivity index is 1.36. The number of hydrogen-bond acceptors (Lipinski definition) is 7. The number of anilines is 1.